The van der Waals surface area contributed by atoms with E-state index in [1.54, 1.807) is 18.5 Å². The summed E-state index contributed by atoms with van der Waals surface area (Å²) in [6.45, 7) is 8.50. The molecule has 0 fully saturated rings. The maximum absolute atomic E-state index is 13.4. The van der Waals surface area contributed by atoms with Crippen molar-refractivity contribution in [1.29, 1.82) is 0 Å². The van der Waals surface area contributed by atoms with Gasteiger partial charge in [-0.25, -0.2) is 9.36 Å². The molecule has 0 aliphatic heterocycles. The molecule has 2 aromatic carbocycles. The lowest BCUT2D eigenvalue weighted by Gasteiger charge is -2.15. The first-order valence-corrected chi connectivity index (χ1v) is 11.9. The number of nitrogens with zero attached hydrogens (tertiary/aromatic N) is 4. The van der Waals surface area contributed by atoms with Crippen molar-refractivity contribution in [3.8, 4) is 11.4 Å². The monoisotopic (exact) mass is 473 g/mol. The van der Waals surface area contributed by atoms with Crippen LogP contribution in [0.25, 0.3) is 16.6 Å². The lowest BCUT2D eigenvalue weighted by atomic mass is 10.2. The van der Waals surface area contributed by atoms with E-state index in [1.807, 2.05) is 61.5 Å². The fourth-order valence-electron chi connectivity index (χ4n) is 3.95. The Balaban J connectivity index is 1.52. The Morgan fingerprint density at radius 1 is 1.06 bits per heavy atom. The number of aromatic nitrogens is 4. The number of fused-ring (bicyclic) bond motifs is 1. The van der Waals surface area contributed by atoms with E-state index in [0.717, 1.165) is 29.8 Å². The number of hydrogen-bond donors (Lipinski definition) is 1. The van der Waals surface area contributed by atoms with Crippen LogP contribution in [0.4, 0.5) is 0 Å². The van der Waals surface area contributed by atoms with Crippen LogP contribution in [0.1, 0.15) is 49.7 Å². The van der Waals surface area contributed by atoms with Crippen molar-refractivity contribution < 1.29 is 9.53 Å². The molecule has 1 N–H and O–H groups in total. The fraction of sp³-hybridized carbons (Fsp3) is 0.333. The van der Waals surface area contributed by atoms with E-state index in [9.17, 15) is 9.59 Å². The van der Waals surface area contributed by atoms with E-state index in [-0.39, 0.29) is 11.5 Å². The van der Waals surface area contributed by atoms with Gasteiger partial charge >= 0.3 is 0 Å². The van der Waals surface area contributed by atoms with Crippen molar-refractivity contribution in [2.45, 2.75) is 53.1 Å². The number of amides is 1. The second-order valence-corrected chi connectivity index (χ2v) is 8.63. The van der Waals surface area contributed by atoms with Gasteiger partial charge in [0.15, 0.2) is 0 Å². The number of aryl methyl sites for hydroxylation is 2. The summed E-state index contributed by atoms with van der Waals surface area (Å²) in [6.07, 6.45) is 2.10. The van der Waals surface area contributed by atoms with Gasteiger partial charge in [-0.1, -0.05) is 43.7 Å². The standard InChI is InChI=1S/C27H31N5O3/c1-5-6-16-35-23-14-12-21(13-15-23)17-28-26(33)20(4)32-27(34)24-19(3)31(22-10-8-7-9-11-22)30-25(24)18(2)29-32/h7-15,20H,5-6,16-17H2,1-4H3,(H,28,33)/t20-/m0/s1. The molecular formula is C27H31N5O3. The van der Waals surface area contributed by atoms with Crippen molar-refractivity contribution in [1.82, 2.24) is 24.9 Å². The summed E-state index contributed by atoms with van der Waals surface area (Å²) < 4.78 is 8.67. The topological polar surface area (TPSA) is 91.0 Å². The summed E-state index contributed by atoms with van der Waals surface area (Å²) in [4.78, 5) is 26.3. The molecule has 4 aromatic rings. The Morgan fingerprint density at radius 2 is 1.77 bits per heavy atom. The van der Waals surface area contributed by atoms with E-state index in [4.69, 9.17) is 4.74 Å². The van der Waals surface area contributed by atoms with Gasteiger partial charge in [-0.3, -0.25) is 9.59 Å². The molecule has 0 bridgehead atoms. The van der Waals surface area contributed by atoms with Gasteiger partial charge in [0.2, 0.25) is 5.91 Å². The molecule has 1 atom stereocenters. The van der Waals surface area contributed by atoms with Crippen LogP contribution in [0.15, 0.2) is 59.4 Å². The quantitative estimate of drug-likeness (QED) is 0.367. The Kier molecular flexibility index (Phi) is 7.29. The van der Waals surface area contributed by atoms with Gasteiger partial charge in [0.1, 0.15) is 17.3 Å². The normalized spacial score (nSPS) is 12.0. The summed E-state index contributed by atoms with van der Waals surface area (Å²) in [5.74, 6) is 0.530. The summed E-state index contributed by atoms with van der Waals surface area (Å²) in [5.41, 5.74) is 3.32. The fourth-order valence-corrected chi connectivity index (χ4v) is 3.95. The molecule has 0 aliphatic rings. The molecule has 0 aliphatic carbocycles. The third kappa shape index (κ3) is 5.11. The Morgan fingerprint density at radius 3 is 2.46 bits per heavy atom. The molecule has 0 unspecified atom stereocenters. The highest BCUT2D eigenvalue weighted by atomic mass is 16.5. The first-order chi connectivity index (χ1) is 16.9. The second kappa shape index (κ2) is 10.5. The Bertz CT molecular complexity index is 1370. The predicted octanol–water partition coefficient (Wildman–Crippen LogP) is 4.26. The van der Waals surface area contributed by atoms with Crippen LogP contribution in [-0.2, 0) is 11.3 Å². The van der Waals surface area contributed by atoms with E-state index >= 15 is 0 Å². The molecular weight excluding hydrogens is 442 g/mol. The maximum Gasteiger partial charge on any atom is 0.278 e. The molecule has 0 radical (unpaired) electrons. The lowest BCUT2D eigenvalue weighted by molar-refractivity contribution is -0.124. The molecule has 1 amide bonds. The average molecular weight is 474 g/mol. The molecule has 8 nitrogen and oxygen atoms in total. The molecule has 0 saturated heterocycles. The van der Waals surface area contributed by atoms with Gasteiger partial charge in [-0.2, -0.15) is 10.2 Å². The summed E-state index contributed by atoms with van der Waals surface area (Å²) in [7, 11) is 0. The molecule has 4 rings (SSSR count). The third-order valence-corrected chi connectivity index (χ3v) is 6.04. The molecule has 182 valence electrons. The SMILES string of the molecule is CCCCOc1ccc(CNC(=O)[C@H](C)n2nc(C)c3nn(-c4ccccc4)c(C)c3c2=O)cc1. The van der Waals surface area contributed by atoms with Crippen molar-refractivity contribution in [3.05, 3.63) is 81.9 Å². The number of ether oxygens (including phenoxy) is 1. The molecule has 0 saturated carbocycles. The van der Waals surface area contributed by atoms with Crippen LogP contribution >= 0.6 is 0 Å². The van der Waals surface area contributed by atoms with Crippen LogP contribution in [0, 0.1) is 13.8 Å². The molecule has 8 heteroatoms. The number of rotatable bonds is 9. The smallest absolute Gasteiger partial charge is 0.278 e. The van der Waals surface area contributed by atoms with E-state index in [1.165, 1.54) is 4.68 Å². The highest BCUT2D eigenvalue weighted by molar-refractivity contribution is 5.84. The number of para-hydroxylation sites is 1. The molecule has 2 aromatic heterocycles. The van der Waals surface area contributed by atoms with Gasteiger partial charge in [0.25, 0.3) is 5.56 Å². The van der Waals surface area contributed by atoms with E-state index in [2.05, 4.69) is 22.4 Å². The number of carbonyl (C=O) groups is 1. The zero-order valence-electron chi connectivity index (χ0n) is 20.6. The number of carbonyl (C=O) groups excluding carboxylic acids is 1. The average Bonchev–Trinajstić information content (AvgIpc) is 3.23. The van der Waals surface area contributed by atoms with Gasteiger partial charge in [-0.05, 0) is 57.0 Å². The van der Waals surface area contributed by atoms with Crippen molar-refractivity contribution in [3.63, 3.8) is 0 Å². The van der Waals surface area contributed by atoms with E-state index < -0.39 is 6.04 Å². The van der Waals surface area contributed by atoms with Crippen LogP contribution in [0.3, 0.4) is 0 Å². The maximum atomic E-state index is 13.4. The second-order valence-electron chi connectivity index (χ2n) is 8.63. The first-order valence-electron chi connectivity index (χ1n) is 11.9. The lowest BCUT2D eigenvalue weighted by Crippen LogP contribution is -2.37. The van der Waals surface area contributed by atoms with Crippen LogP contribution in [0.5, 0.6) is 5.75 Å². The van der Waals surface area contributed by atoms with Crippen molar-refractivity contribution >= 4 is 16.8 Å². The van der Waals surface area contributed by atoms with Gasteiger partial charge in [0.05, 0.1) is 29.1 Å². The number of hydrogen-bond acceptors (Lipinski definition) is 5. The largest absolute Gasteiger partial charge is 0.494 e. The van der Waals surface area contributed by atoms with Gasteiger partial charge < -0.3 is 10.1 Å². The van der Waals surface area contributed by atoms with Gasteiger partial charge in [0, 0.05) is 6.54 Å². The first kappa shape index (κ1) is 24.2. The summed E-state index contributed by atoms with van der Waals surface area (Å²) >= 11 is 0. The zero-order valence-corrected chi connectivity index (χ0v) is 20.6. The van der Waals surface area contributed by atoms with Crippen LogP contribution < -0.4 is 15.6 Å². The minimum absolute atomic E-state index is 0.283. The van der Waals surface area contributed by atoms with Crippen LogP contribution in [0.2, 0.25) is 0 Å². The molecule has 0 spiro atoms. The number of nitrogens with one attached hydrogen (secondary N) is 1. The van der Waals surface area contributed by atoms with E-state index in [0.29, 0.717) is 35.4 Å². The van der Waals surface area contributed by atoms with Gasteiger partial charge in [-0.15, -0.1) is 0 Å². The summed E-state index contributed by atoms with van der Waals surface area (Å²) in [6, 6.07) is 16.5. The Labute approximate surface area is 204 Å². The minimum atomic E-state index is -0.776. The summed E-state index contributed by atoms with van der Waals surface area (Å²) in [5, 5.41) is 12.4. The molecule has 2 heterocycles. The zero-order chi connectivity index (χ0) is 24.9. The minimum Gasteiger partial charge on any atom is -0.494 e. The van der Waals surface area contributed by atoms with Crippen molar-refractivity contribution in [2.75, 3.05) is 6.61 Å². The third-order valence-electron chi connectivity index (χ3n) is 6.04. The highest BCUT2D eigenvalue weighted by Gasteiger charge is 2.23. The highest BCUT2D eigenvalue weighted by Crippen LogP contribution is 2.21. The van der Waals surface area contributed by atoms with Crippen molar-refractivity contribution in [2.24, 2.45) is 0 Å². The number of unbranched alkanes of at least 4 members (excludes halogenated alkanes) is 1. The van der Waals surface area contributed by atoms with Crippen LogP contribution in [-0.4, -0.2) is 32.1 Å². The predicted molar refractivity (Wildman–Crippen MR) is 136 cm³/mol. The molecule has 35 heavy (non-hydrogen) atoms. The Hall–Kier alpha value is -3.94. The number of benzene rings is 2.